The first-order valence-corrected chi connectivity index (χ1v) is 9.69. The second-order valence-corrected chi connectivity index (χ2v) is 7.38. The third kappa shape index (κ3) is 3.97. The minimum atomic E-state index is -0.376. The van der Waals surface area contributed by atoms with Crippen LogP contribution in [-0.2, 0) is 13.1 Å². The second kappa shape index (κ2) is 8.51. The number of nitrogens with zero attached hydrogens (tertiary/aromatic N) is 4. The summed E-state index contributed by atoms with van der Waals surface area (Å²) in [5.41, 5.74) is 4.82. The molecule has 0 spiro atoms. The maximum Gasteiger partial charge on any atom is 0.170 e. The number of para-hydroxylation sites is 1. The minimum absolute atomic E-state index is 0.249. The van der Waals surface area contributed by atoms with Crippen LogP contribution < -0.4 is 10.1 Å². The Balaban J connectivity index is 1.61. The lowest BCUT2D eigenvalue weighted by Gasteiger charge is -2.14. The van der Waals surface area contributed by atoms with Crippen LogP contribution in [0.1, 0.15) is 11.1 Å². The molecule has 2 heterocycles. The van der Waals surface area contributed by atoms with Gasteiger partial charge in [-0.3, -0.25) is 4.40 Å². The summed E-state index contributed by atoms with van der Waals surface area (Å²) in [4.78, 5) is 2.14. The van der Waals surface area contributed by atoms with E-state index >= 15 is 0 Å². The molecule has 0 radical (unpaired) electrons. The molecule has 0 aliphatic heterocycles. The summed E-state index contributed by atoms with van der Waals surface area (Å²) in [5.74, 6) is 0.688. The van der Waals surface area contributed by atoms with Gasteiger partial charge in [0.1, 0.15) is 12.1 Å². The zero-order valence-electron chi connectivity index (χ0n) is 17.3. The van der Waals surface area contributed by atoms with Crippen LogP contribution in [0.4, 0.5) is 10.2 Å². The number of anilines is 1. The third-order valence-corrected chi connectivity index (χ3v) is 4.93. The molecule has 154 valence electrons. The van der Waals surface area contributed by atoms with Gasteiger partial charge in [0.15, 0.2) is 17.2 Å². The smallest absolute Gasteiger partial charge is 0.170 e. The number of nitrogens with one attached hydrogen (secondary N) is 1. The average Bonchev–Trinajstić information content (AvgIpc) is 3.22. The van der Waals surface area contributed by atoms with Gasteiger partial charge in [-0.1, -0.05) is 36.4 Å². The standard InChI is InChI=1S/C23H24FN5O/c1-28(2)14-16-7-9-17(10-8-16)19-11-12-21(29-15-26-27-23(19)29)25-13-18-5-4-6-20(24)22(18)30-3/h4-12,15,25H,13-14H2,1-3H3. The molecule has 0 atom stereocenters. The summed E-state index contributed by atoms with van der Waals surface area (Å²) in [6, 6.07) is 17.4. The van der Waals surface area contributed by atoms with Crippen molar-refractivity contribution in [1.82, 2.24) is 19.5 Å². The van der Waals surface area contributed by atoms with E-state index in [1.165, 1.54) is 18.7 Å². The fraction of sp³-hybridized carbons (Fsp3) is 0.217. The van der Waals surface area contributed by atoms with Gasteiger partial charge in [-0.2, -0.15) is 0 Å². The van der Waals surface area contributed by atoms with Crippen LogP contribution in [0.2, 0.25) is 0 Å². The molecule has 30 heavy (non-hydrogen) atoms. The zero-order valence-corrected chi connectivity index (χ0v) is 17.3. The Morgan fingerprint density at radius 1 is 1.07 bits per heavy atom. The SMILES string of the molecule is COc1c(F)cccc1CNc1ccc(-c2ccc(CN(C)C)cc2)c2nncn12. The topological polar surface area (TPSA) is 54.7 Å². The molecule has 0 aliphatic carbocycles. The lowest BCUT2D eigenvalue weighted by molar-refractivity contribution is 0.382. The summed E-state index contributed by atoms with van der Waals surface area (Å²) >= 11 is 0. The molecule has 0 fully saturated rings. The molecule has 0 saturated carbocycles. The van der Waals surface area contributed by atoms with E-state index in [9.17, 15) is 4.39 Å². The summed E-state index contributed by atoms with van der Waals surface area (Å²) in [6.45, 7) is 1.31. The highest BCUT2D eigenvalue weighted by atomic mass is 19.1. The van der Waals surface area contributed by atoms with E-state index in [2.05, 4.69) is 58.8 Å². The van der Waals surface area contributed by atoms with Gasteiger partial charge >= 0.3 is 0 Å². The molecule has 0 unspecified atom stereocenters. The zero-order chi connectivity index (χ0) is 21.1. The van der Waals surface area contributed by atoms with Gasteiger partial charge in [0.25, 0.3) is 0 Å². The van der Waals surface area contributed by atoms with Gasteiger partial charge in [0, 0.05) is 24.2 Å². The lowest BCUT2D eigenvalue weighted by atomic mass is 10.0. The maximum atomic E-state index is 13.9. The Morgan fingerprint density at radius 3 is 2.60 bits per heavy atom. The maximum absolute atomic E-state index is 13.9. The molecule has 1 N–H and O–H groups in total. The van der Waals surface area contributed by atoms with E-state index in [1.807, 2.05) is 22.6 Å². The van der Waals surface area contributed by atoms with Gasteiger partial charge in [0.05, 0.1) is 7.11 Å². The number of hydrogen-bond donors (Lipinski definition) is 1. The number of hydrogen-bond acceptors (Lipinski definition) is 5. The van der Waals surface area contributed by atoms with Crippen LogP contribution in [0.3, 0.4) is 0 Å². The number of benzene rings is 2. The van der Waals surface area contributed by atoms with E-state index in [0.29, 0.717) is 6.54 Å². The normalized spacial score (nSPS) is 11.2. The van der Waals surface area contributed by atoms with Crippen LogP contribution in [0.15, 0.2) is 60.9 Å². The average molecular weight is 405 g/mol. The van der Waals surface area contributed by atoms with Gasteiger partial charge < -0.3 is 15.0 Å². The monoisotopic (exact) mass is 405 g/mol. The number of aromatic nitrogens is 3. The lowest BCUT2D eigenvalue weighted by Crippen LogP contribution is -2.10. The number of methoxy groups -OCH3 is 1. The number of pyridine rings is 1. The van der Waals surface area contributed by atoms with Gasteiger partial charge in [-0.15, -0.1) is 10.2 Å². The van der Waals surface area contributed by atoms with Crippen LogP contribution in [0.5, 0.6) is 5.75 Å². The highest BCUT2D eigenvalue weighted by Gasteiger charge is 2.12. The van der Waals surface area contributed by atoms with Crippen LogP contribution in [0, 0.1) is 5.82 Å². The Labute approximate surface area is 174 Å². The van der Waals surface area contributed by atoms with Crippen molar-refractivity contribution in [2.45, 2.75) is 13.1 Å². The molecule has 7 heteroatoms. The van der Waals surface area contributed by atoms with Gasteiger partial charge in [-0.05, 0) is 43.4 Å². The first kappa shape index (κ1) is 19.8. The molecule has 0 saturated heterocycles. The Morgan fingerprint density at radius 2 is 1.87 bits per heavy atom. The Kier molecular flexibility index (Phi) is 5.63. The molecule has 4 rings (SSSR count). The van der Waals surface area contributed by atoms with E-state index in [0.717, 1.165) is 34.7 Å². The minimum Gasteiger partial charge on any atom is -0.493 e. The van der Waals surface area contributed by atoms with Crippen molar-refractivity contribution in [2.75, 3.05) is 26.5 Å². The van der Waals surface area contributed by atoms with Crippen molar-refractivity contribution in [2.24, 2.45) is 0 Å². The first-order chi connectivity index (χ1) is 14.6. The fourth-order valence-electron chi connectivity index (χ4n) is 3.54. The van der Waals surface area contributed by atoms with Crippen LogP contribution in [-0.4, -0.2) is 40.7 Å². The summed E-state index contributed by atoms with van der Waals surface area (Å²) in [7, 11) is 5.58. The predicted octanol–water partition coefficient (Wildman–Crippen LogP) is 4.22. The highest BCUT2D eigenvalue weighted by molar-refractivity contribution is 5.79. The highest BCUT2D eigenvalue weighted by Crippen LogP contribution is 2.28. The largest absolute Gasteiger partial charge is 0.493 e. The summed E-state index contributed by atoms with van der Waals surface area (Å²) in [6.07, 6.45) is 1.67. The van der Waals surface area contributed by atoms with Crippen molar-refractivity contribution in [3.8, 4) is 16.9 Å². The molecule has 6 nitrogen and oxygen atoms in total. The van der Waals surface area contributed by atoms with E-state index in [-0.39, 0.29) is 11.6 Å². The predicted molar refractivity (Wildman–Crippen MR) is 116 cm³/mol. The molecule has 2 aromatic heterocycles. The van der Waals surface area contributed by atoms with Crippen molar-refractivity contribution in [3.05, 3.63) is 77.9 Å². The van der Waals surface area contributed by atoms with Crippen LogP contribution in [0.25, 0.3) is 16.8 Å². The Hall–Kier alpha value is -3.45. The fourth-order valence-corrected chi connectivity index (χ4v) is 3.54. The van der Waals surface area contributed by atoms with Gasteiger partial charge in [0.2, 0.25) is 0 Å². The summed E-state index contributed by atoms with van der Waals surface area (Å²) < 4.78 is 21.0. The van der Waals surface area contributed by atoms with Crippen molar-refractivity contribution in [3.63, 3.8) is 0 Å². The molecule has 0 amide bonds. The van der Waals surface area contributed by atoms with E-state index < -0.39 is 0 Å². The van der Waals surface area contributed by atoms with Crippen molar-refractivity contribution < 1.29 is 9.13 Å². The number of fused-ring (bicyclic) bond motifs is 1. The Bertz CT molecular complexity index is 1150. The van der Waals surface area contributed by atoms with Gasteiger partial charge in [-0.25, -0.2) is 4.39 Å². The first-order valence-electron chi connectivity index (χ1n) is 9.69. The van der Waals surface area contributed by atoms with Crippen molar-refractivity contribution in [1.29, 1.82) is 0 Å². The molecule has 0 bridgehead atoms. The molecule has 0 aliphatic rings. The number of ether oxygens (including phenoxy) is 1. The molecular weight excluding hydrogens is 381 g/mol. The van der Waals surface area contributed by atoms with E-state index in [1.54, 1.807) is 12.4 Å². The van der Waals surface area contributed by atoms with Crippen molar-refractivity contribution >= 4 is 11.5 Å². The molecule has 2 aromatic carbocycles. The third-order valence-electron chi connectivity index (χ3n) is 4.93. The second-order valence-electron chi connectivity index (χ2n) is 7.38. The molecule has 4 aromatic rings. The number of halogens is 1. The van der Waals surface area contributed by atoms with Crippen LogP contribution >= 0.6 is 0 Å². The molecular formula is C23H24FN5O. The quantitative estimate of drug-likeness (QED) is 0.499. The number of rotatable bonds is 7. The van der Waals surface area contributed by atoms with E-state index in [4.69, 9.17) is 4.74 Å². The summed E-state index contributed by atoms with van der Waals surface area (Å²) in [5, 5.41) is 11.7.